The highest BCUT2D eigenvalue weighted by Crippen LogP contribution is 2.30. The summed E-state index contributed by atoms with van der Waals surface area (Å²) in [4.78, 5) is 6.29. The van der Waals surface area contributed by atoms with Crippen LogP contribution in [-0.4, -0.2) is 23.6 Å². The summed E-state index contributed by atoms with van der Waals surface area (Å²) in [6, 6.07) is 1.47. The summed E-state index contributed by atoms with van der Waals surface area (Å²) in [6.45, 7) is 2.82. The molecule has 0 bridgehead atoms. The summed E-state index contributed by atoms with van der Waals surface area (Å²) in [6.07, 6.45) is 5.74. The van der Waals surface area contributed by atoms with Crippen LogP contribution in [0.3, 0.4) is 0 Å². The first kappa shape index (κ1) is 8.56. The lowest BCUT2D eigenvalue weighted by molar-refractivity contribution is 0.519. The van der Waals surface area contributed by atoms with Crippen molar-refractivity contribution in [2.75, 3.05) is 11.4 Å². The van der Waals surface area contributed by atoms with Crippen molar-refractivity contribution in [1.82, 2.24) is 4.98 Å². The van der Waals surface area contributed by atoms with Gasteiger partial charge < -0.3 is 15.1 Å². The van der Waals surface area contributed by atoms with E-state index in [0.717, 1.165) is 6.54 Å². The van der Waals surface area contributed by atoms with Crippen LogP contribution in [0.2, 0.25) is 0 Å². The Morgan fingerprint density at radius 2 is 2.54 bits per heavy atom. The molecule has 1 heterocycles. The second kappa shape index (κ2) is 3.38. The van der Waals surface area contributed by atoms with Crippen LogP contribution < -0.4 is 10.6 Å². The summed E-state index contributed by atoms with van der Waals surface area (Å²) in [5.41, 5.74) is 5.75. The number of oxazole rings is 1. The molecule has 1 unspecified atom stereocenters. The summed E-state index contributed by atoms with van der Waals surface area (Å²) >= 11 is 0. The molecular formula is C9H15N3O. The Bertz CT molecular complexity index is 254. The van der Waals surface area contributed by atoms with Crippen molar-refractivity contribution in [2.45, 2.75) is 31.8 Å². The van der Waals surface area contributed by atoms with Crippen molar-refractivity contribution in [2.24, 2.45) is 5.73 Å². The second-order valence-corrected chi connectivity index (χ2v) is 3.68. The molecule has 2 rings (SSSR count). The summed E-state index contributed by atoms with van der Waals surface area (Å²) in [5, 5.41) is 0. The summed E-state index contributed by atoms with van der Waals surface area (Å²) < 4.78 is 5.26. The molecule has 1 fully saturated rings. The van der Waals surface area contributed by atoms with Crippen LogP contribution >= 0.6 is 0 Å². The summed E-state index contributed by atoms with van der Waals surface area (Å²) in [5.74, 6) is 0. The number of nitrogens with zero attached hydrogens (tertiary/aromatic N) is 2. The topological polar surface area (TPSA) is 55.3 Å². The van der Waals surface area contributed by atoms with Gasteiger partial charge in [0, 0.05) is 18.6 Å². The molecule has 4 heteroatoms. The largest absolute Gasteiger partial charge is 0.432 e. The van der Waals surface area contributed by atoms with Gasteiger partial charge in [-0.05, 0) is 19.8 Å². The van der Waals surface area contributed by atoms with Crippen molar-refractivity contribution >= 4 is 6.01 Å². The number of anilines is 1. The molecule has 0 amide bonds. The van der Waals surface area contributed by atoms with E-state index in [9.17, 15) is 0 Å². The normalized spacial score (nSPS) is 18.6. The molecule has 1 aromatic heterocycles. The molecule has 72 valence electrons. The maximum Gasteiger partial charge on any atom is 0.297 e. The third kappa shape index (κ3) is 2.01. The smallest absolute Gasteiger partial charge is 0.297 e. The van der Waals surface area contributed by atoms with E-state index in [-0.39, 0.29) is 6.04 Å². The monoisotopic (exact) mass is 181 g/mol. The van der Waals surface area contributed by atoms with Gasteiger partial charge in [-0.3, -0.25) is 0 Å². The van der Waals surface area contributed by atoms with Crippen molar-refractivity contribution in [3.63, 3.8) is 0 Å². The molecule has 1 aliphatic rings. The average molecular weight is 181 g/mol. The minimum atomic E-state index is 0.160. The highest BCUT2D eigenvalue weighted by molar-refractivity contribution is 5.30. The Kier molecular flexibility index (Phi) is 2.22. The molecule has 1 aliphatic carbocycles. The van der Waals surface area contributed by atoms with Gasteiger partial charge in [-0.15, -0.1) is 0 Å². The standard InChI is InChI=1S/C9H15N3O/c1-7(10)6-12(8-2-3-8)9-11-4-5-13-9/h4-5,7-8H,2-3,6,10H2,1H3. The van der Waals surface area contributed by atoms with Gasteiger partial charge in [0.1, 0.15) is 6.26 Å². The molecule has 0 spiro atoms. The fraction of sp³-hybridized carbons (Fsp3) is 0.667. The van der Waals surface area contributed by atoms with Crippen LogP contribution in [0.5, 0.6) is 0 Å². The molecule has 0 saturated heterocycles. The van der Waals surface area contributed by atoms with Crippen LogP contribution in [0.25, 0.3) is 0 Å². The van der Waals surface area contributed by atoms with Crippen molar-refractivity contribution in [3.05, 3.63) is 12.5 Å². The lowest BCUT2D eigenvalue weighted by Crippen LogP contribution is -2.37. The van der Waals surface area contributed by atoms with Gasteiger partial charge in [0.2, 0.25) is 0 Å². The number of rotatable bonds is 4. The van der Waals surface area contributed by atoms with E-state index in [0.29, 0.717) is 12.1 Å². The summed E-state index contributed by atoms with van der Waals surface area (Å²) in [7, 11) is 0. The molecule has 1 saturated carbocycles. The highest BCUT2D eigenvalue weighted by atomic mass is 16.4. The number of hydrogen-bond donors (Lipinski definition) is 1. The molecule has 13 heavy (non-hydrogen) atoms. The molecule has 1 aromatic rings. The van der Waals surface area contributed by atoms with Crippen molar-refractivity contribution in [3.8, 4) is 0 Å². The van der Waals surface area contributed by atoms with Gasteiger partial charge >= 0.3 is 0 Å². The number of hydrogen-bond acceptors (Lipinski definition) is 4. The molecule has 1 atom stereocenters. The first-order chi connectivity index (χ1) is 6.27. The van der Waals surface area contributed by atoms with Crippen LogP contribution in [0.4, 0.5) is 6.01 Å². The van der Waals surface area contributed by atoms with Gasteiger partial charge in [0.15, 0.2) is 0 Å². The molecule has 0 radical (unpaired) electrons. The van der Waals surface area contributed by atoms with E-state index in [4.69, 9.17) is 10.2 Å². The zero-order valence-electron chi connectivity index (χ0n) is 7.81. The van der Waals surface area contributed by atoms with Crippen LogP contribution in [-0.2, 0) is 0 Å². The van der Waals surface area contributed by atoms with Gasteiger partial charge in [-0.1, -0.05) is 0 Å². The Morgan fingerprint density at radius 1 is 1.77 bits per heavy atom. The van der Waals surface area contributed by atoms with Crippen molar-refractivity contribution in [1.29, 1.82) is 0 Å². The Morgan fingerprint density at radius 3 is 3.00 bits per heavy atom. The van der Waals surface area contributed by atoms with E-state index in [1.165, 1.54) is 12.8 Å². The van der Waals surface area contributed by atoms with E-state index in [2.05, 4.69) is 9.88 Å². The zero-order chi connectivity index (χ0) is 9.26. The molecular weight excluding hydrogens is 166 g/mol. The quantitative estimate of drug-likeness (QED) is 0.752. The molecule has 2 N–H and O–H groups in total. The van der Waals surface area contributed by atoms with E-state index < -0.39 is 0 Å². The lowest BCUT2D eigenvalue weighted by atomic mass is 10.3. The van der Waals surface area contributed by atoms with Gasteiger partial charge in [-0.25, -0.2) is 4.98 Å². The first-order valence-electron chi connectivity index (χ1n) is 4.69. The van der Waals surface area contributed by atoms with Gasteiger partial charge in [0.05, 0.1) is 6.20 Å². The van der Waals surface area contributed by atoms with E-state index >= 15 is 0 Å². The predicted molar refractivity (Wildman–Crippen MR) is 50.5 cm³/mol. The molecule has 0 aliphatic heterocycles. The average Bonchev–Trinajstić information content (AvgIpc) is 2.77. The Labute approximate surface area is 77.7 Å². The first-order valence-corrected chi connectivity index (χ1v) is 4.69. The number of nitrogens with two attached hydrogens (primary N) is 1. The van der Waals surface area contributed by atoms with E-state index in [1.54, 1.807) is 12.5 Å². The third-order valence-electron chi connectivity index (χ3n) is 2.14. The predicted octanol–water partition coefficient (Wildman–Crippen LogP) is 0.991. The van der Waals surface area contributed by atoms with E-state index in [1.807, 2.05) is 6.92 Å². The van der Waals surface area contributed by atoms with Gasteiger partial charge in [-0.2, -0.15) is 0 Å². The van der Waals surface area contributed by atoms with Crippen LogP contribution in [0, 0.1) is 0 Å². The minimum absolute atomic E-state index is 0.160. The molecule has 0 aromatic carbocycles. The fourth-order valence-electron chi connectivity index (χ4n) is 1.44. The zero-order valence-corrected chi connectivity index (χ0v) is 7.81. The Hall–Kier alpha value is -1.03. The lowest BCUT2D eigenvalue weighted by Gasteiger charge is -2.21. The van der Waals surface area contributed by atoms with Gasteiger partial charge in [0.25, 0.3) is 6.01 Å². The van der Waals surface area contributed by atoms with Crippen LogP contribution in [0.15, 0.2) is 16.9 Å². The third-order valence-corrected chi connectivity index (χ3v) is 2.14. The minimum Gasteiger partial charge on any atom is -0.432 e. The SMILES string of the molecule is CC(N)CN(c1ncco1)C1CC1. The second-order valence-electron chi connectivity index (χ2n) is 3.68. The van der Waals surface area contributed by atoms with Crippen LogP contribution in [0.1, 0.15) is 19.8 Å². The maximum atomic E-state index is 5.75. The maximum absolute atomic E-state index is 5.75. The van der Waals surface area contributed by atoms with Crippen molar-refractivity contribution < 1.29 is 4.42 Å². The number of aromatic nitrogens is 1. The fourth-order valence-corrected chi connectivity index (χ4v) is 1.44. The highest BCUT2D eigenvalue weighted by Gasteiger charge is 2.31. The Balaban J connectivity index is 2.05. The molecule has 4 nitrogen and oxygen atoms in total.